The van der Waals surface area contributed by atoms with Gasteiger partial charge in [-0.1, -0.05) is 38.1 Å². The first-order valence-electron chi connectivity index (χ1n) is 5.84. The van der Waals surface area contributed by atoms with Gasteiger partial charge in [-0.25, -0.2) is 0 Å². The second kappa shape index (κ2) is 6.21. The fourth-order valence-corrected chi connectivity index (χ4v) is 1.52. The van der Waals surface area contributed by atoms with Crippen LogP contribution in [0.5, 0.6) is 0 Å². The summed E-state index contributed by atoms with van der Waals surface area (Å²) in [5.74, 6) is -1.18. The van der Waals surface area contributed by atoms with Gasteiger partial charge in [0.1, 0.15) is 6.29 Å². The van der Waals surface area contributed by atoms with E-state index in [9.17, 15) is 14.4 Å². The highest BCUT2D eigenvalue weighted by Gasteiger charge is 2.19. The summed E-state index contributed by atoms with van der Waals surface area (Å²) < 4.78 is 0. The topological polar surface area (TPSA) is 77.2 Å². The maximum absolute atomic E-state index is 11.7. The van der Waals surface area contributed by atoms with Crippen LogP contribution >= 0.6 is 0 Å². The Morgan fingerprint density at radius 3 is 2.22 bits per heavy atom. The van der Waals surface area contributed by atoms with Gasteiger partial charge in [0.25, 0.3) is 0 Å². The van der Waals surface area contributed by atoms with Gasteiger partial charge in [0.05, 0.1) is 6.04 Å². The number of carbonyl (C=O) groups excluding carboxylic acids is 3. The van der Waals surface area contributed by atoms with Crippen molar-refractivity contribution in [2.75, 3.05) is 0 Å². The first-order chi connectivity index (χ1) is 8.45. The maximum Gasteiger partial charge on any atom is 0.228 e. The predicted octanol–water partition coefficient (Wildman–Crippen LogP) is 1.16. The van der Waals surface area contributed by atoms with Crippen molar-refractivity contribution in [2.24, 2.45) is 11.7 Å². The molecule has 0 heterocycles. The minimum Gasteiger partial charge on any atom is -0.321 e. The van der Waals surface area contributed by atoms with Gasteiger partial charge in [-0.05, 0) is 12.0 Å². The number of Topliss-reactive ketones (excluding diaryl/α,β-unsaturated/α-hetero) is 2. The normalized spacial score (nSPS) is 12.2. The van der Waals surface area contributed by atoms with E-state index in [2.05, 4.69) is 0 Å². The van der Waals surface area contributed by atoms with Gasteiger partial charge in [-0.3, -0.25) is 9.59 Å². The van der Waals surface area contributed by atoms with E-state index in [0.717, 1.165) is 5.56 Å². The lowest BCUT2D eigenvalue weighted by Crippen LogP contribution is -2.24. The number of aldehydes is 1. The van der Waals surface area contributed by atoms with Crippen molar-refractivity contribution < 1.29 is 14.4 Å². The molecule has 2 N–H and O–H groups in total. The molecule has 0 aliphatic rings. The van der Waals surface area contributed by atoms with Crippen LogP contribution in [0.1, 0.15) is 29.8 Å². The average molecular weight is 247 g/mol. The summed E-state index contributed by atoms with van der Waals surface area (Å²) in [5.41, 5.74) is 6.74. The zero-order chi connectivity index (χ0) is 13.7. The van der Waals surface area contributed by atoms with Crippen LogP contribution in [-0.4, -0.2) is 23.9 Å². The van der Waals surface area contributed by atoms with Crippen molar-refractivity contribution in [1.29, 1.82) is 0 Å². The Morgan fingerprint density at radius 2 is 1.78 bits per heavy atom. The fourth-order valence-electron chi connectivity index (χ4n) is 1.52. The van der Waals surface area contributed by atoms with E-state index in [0.29, 0.717) is 18.3 Å². The molecule has 1 aromatic carbocycles. The summed E-state index contributed by atoms with van der Waals surface area (Å²) in [6.07, 6.45) is 1.11. The maximum atomic E-state index is 11.7. The van der Waals surface area contributed by atoms with Crippen LogP contribution in [0, 0.1) is 5.92 Å². The van der Waals surface area contributed by atoms with Gasteiger partial charge in [-0.2, -0.15) is 0 Å². The lowest BCUT2D eigenvalue weighted by Gasteiger charge is -2.06. The smallest absolute Gasteiger partial charge is 0.228 e. The summed E-state index contributed by atoms with van der Waals surface area (Å²) in [4.78, 5) is 33.7. The second-order valence-electron chi connectivity index (χ2n) is 4.55. The van der Waals surface area contributed by atoms with E-state index < -0.39 is 17.6 Å². The van der Waals surface area contributed by atoms with Crippen LogP contribution in [0.25, 0.3) is 0 Å². The first kappa shape index (κ1) is 14.3. The zero-order valence-electron chi connectivity index (χ0n) is 10.6. The Balaban J connectivity index is 2.80. The Morgan fingerprint density at radius 1 is 1.22 bits per heavy atom. The molecule has 96 valence electrons. The van der Waals surface area contributed by atoms with Crippen molar-refractivity contribution >= 4 is 17.9 Å². The van der Waals surface area contributed by atoms with E-state index in [1.807, 2.05) is 0 Å². The van der Waals surface area contributed by atoms with Crippen LogP contribution in [0.3, 0.4) is 0 Å². The van der Waals surface area contributed by atoms with Crippen molar-refractivity contribution in [2.45, 2.75) is 26.3 Å². The Hall–Kier alpha value is -1.81. The summed E-state index contributed by atoms with van der Waals surface area (Å²) in [7, 11) is 0. The van der Waals surface area contributed by atoms with Crippen molar-refractivity contribution in [3.8, 4) is 0 Å². The molecule has 0 spiro atoms. The molecule has 0 amide bonds. The number of nitrogens with two attached hydrogens (primary N) is 1. The number of carbonyl (C=O) groups is 3. The van der Waals surface area contributed by atoms with Gasteiger partial charge in [0.2, 0.25) is 11.6 Å². The highest BCUT2D eigenvalue weighted by molar-refractivity contribution is 6.44. The Bertz CT molecular complexity index is 449. The fraction of sp³-hybridized carbons (Fsp3) is 0.357. The molecular formula is C14H17NO3. The zero-order valence-corrected chi connectivity index (χ0v) is 10.6. The first-order valence-corrected chi connectivity index (χ1v) is 5.84. The molecule has 4 heteroatoms. The molecule has 0 saturated carbocycles. The molecule has 1 aromatic rings. The predicted molar refractivity (Wildman–Crippen MR) is 68.4 cm³/mol. The molecule has 0 fully saturated rings. The standard InChI is InChI=1S/C14H17NO3/c1-9(2)13(17)14(18)11-5-3-10(4-6-11)7-12(15)8-16/h3-6,8-9,12H,7,15H2,1-2H3/t12-/m0/s1. The Labute approximate surface area is 106 Å². The van der Waals surface area contributed by atoms with Crippen LogP contribution in [0.15, 0.2) is 24.3 Å². The third-order valence-corrected chi connectivity index (χ3v) is 2.61. The molecule has 4 nitrogen and oxygen atoms in total. The monoisotopic (exact) mass is 247 g/mol. The molecule has 0 unspecified atom stereocenters. The summed E-state index contributed by atoms with van der Waals surface area (Å²) >= 11 is 0. The van der Waals surface area contributed by atoms with Gasteiger partial charge in [0, 0.05) is 11.5 Å². The van der Waals surface area contributed by atoms with Gasteiger partial charge in [-0.15, -0.1) is 0 Å². The largest absolute Gasteiger partial charge is 0.321 e. The number of hydrogen-bond donors (Lipinski definition) is 1. The molecule has 0 aliphatic carbocycles. The average Bonchev–Trinajstić information content (AvgIpc) is 2.37. The molecule has 0 aromatic heterocycles. The molecule has 0 bridgehead atoms. The van der Waals surface area contributed by atoms with Crippen molar-refractivity contribution in [3.63, 3.8) is 0 Å². The van der Waals surface area contributed by atoms with Crippen LogP contribution in [0.4, 0.5) is 0 Å². The minimum absolute atomic E-state index is 0.305. The van der Waals surface area contributed by atoms with Crippen LogP contribution in [0.2, 0.25) is 0 Å². The van der Waals surface area contributed by atoms with Crippen molar-refractivity contribution in [3.05, 3.63) is 35.4 Å². The molecule has 1 atom stereocenters. The highest BCUT2D eigenvalue weighted by Crippen LogP contribution is 2.09. The molecule has 0 aliphatic heterocycles. The van der Waals surface area contributed by atoms with E-state index in [1.54, 1.807) is 38.1 Å². The third kappa shape index (κ3) is 3.60. The number of ketones is 2. The summed E-state index contributed by atoms with van der Waals surface area (Å²) in [5, 5.41) is 0. The van der Waals surface area contributed by atoms with Crippen LogP contribution < -0.4 is 5.73 Å². The summed E-state index contributed by atoms with van der Waals surface area (Å²) in [6, 6.07) is 6.07. The highest BCUT2D eigenvalue weighted by atomic mass is 16.2. The van der Waals surface area contributed by atoms with E-state index in [1.165, 1.54) is 0 Å². The molecule has 0 saturated heterocycles. The van der Waals surface area contributed by atoms with Gasteiger partial charge >= 0.3 is 0 Å². The second-order valence-corrected chi connectivity index (χ2v) is 4.55. The molecule has 18 heavy (non-hydrogen) atoms. The third-order valence-electron chi connectivity index (χ3n) is 2.61. The lowest BCUT2D eigenvalue weighted by atomic mass is 9.98. The molecule has 0 radical (unpaired) electrons. The SMILES string of the molecule is CC(C)C(=O)C(=O)c1ccc(C[C@H](N)C=O)cc1. The van der Waals surface area contributed by atoms with E-state index in [4.69, 9.17) is 5.73 Å². The van der Waals surface area contributed by atoms with Crippen LogP contribution in [-0.2, 0) is 16.0 Å². The van der Waals surface area contributed by atoms with Crippen molar-refractivity contribution in [1.82, 2.24) is 0 Å². The molecular weight excluding hydrogens is 230 g/mol. The Kier molecular flexibility index (Phi) is 4.92. The van der Waals surface area contributed by atoms with Gasteiger partial charge < -0.3 is 10.5 Å². The lowest BCUT2D eigenvalue weighted by molar-refractivity contribution is -0.117. The van der Waals surface area contributed by atoms with E-state index in [-0.39, 0.29) is 5.92 Å². The van der Waals surface area contributed by atoms with E-state index >= 15 is 0 Å². The number of benzene rings is 1. The number of hydrogen-bond acceptors (Lipinski definition) is 4. The summed E-state index contributed by atoms with van der Waals surface area (Å²) in [6.45, 7) is 3.38. The molecule has 1 rings (SSSR count). The number of rotatable bonds is 6. The minimum atomic E-state index is -0.538. The quantitative estimate of drug-likeness (QED) is 0.465. The van der Waals surface area contributed by atoms with Gasteiger partial charge in [0.15, 0.2) is 0 Å².